The second-order valence-electron chi connectivity index (χ2n) is 9.05. The van der Waals surface area contributed by atoms with Gasteiger partial charge in [-0.15, -0.1) is 0 Å². The molecule has 1 saturated heterocycles. The standard InChI is InChI=1S/C26H37N7O2S/c27-11-7-18-9-13-33(14-10-18)26(35)23(16-19-3-1-4-20(15-19)25(29)30)32-36-22-6-2-5-21(17-22)31-24(34)8-12-28/h1-6,15,17-18,23,32H,7-14,16,27-28H2,(H3,29,30)(H,31,34). The third-order valence-electron chi connectivity index (χ3n) is 6.29. The van der Waals surface area contributed by atoms with Crippen LogP contribution in [0.2, 0.25) is 0 Å². The topological polar surface area (TPSA) is 163 Å². The number of nitrogens with zero attached hydrogens (tertiary/aromatic N) is 1. The molecule has 9 nitrogen and oxygen atoms in total. The van der Waals surface area contributed by atoms with Gasteiger partial charge in [0.2, 0.25) is 11.8 Å². The van der Waals surface area contributed by atoms with Crippen molar-refractivity contribution in [3.63, 3.8) is 0 Å². The monoisotopic (exact) mass is 511 g/mol. The molecule has 3 rings (SSSR count). The minimum absolute atomic E-state index is 0.00228. The molecule has 1 fully saturated rings. The van der Waals surface area contributed by atoms with Crippen molar-refractivity contribution < 1.29 is 9.59 Å². The molecule has 0 saturated carbocycles. The Kier molecular flexibility index (Phi) is 10.7. The van der Waals surface area contributed by atoms with E-state index >= 15 is 0 Å². The van der Waals surface area contributed by atoms with Crippen LogP contribution in [0.25, 0.3) is 0 Å². The molecule has 1 aliphatic heterocycles. The van der Waals surface area contributed by atoms with Crippen molar-refractivity contribution in [3.8, 4) is 0 Å². The van der Waals surface area contributed by atoms with Crippen LogP contribution in [0.15, 0.2) is 53.4 Å². The first-order valence-electron chi connectivity index (χ1n) is 12.3. The Labute approximate surface area is 217 Å². The van der Waals surface area contributed by atoms with Crippen molar-refractivity contribution in [2.75, 3.05) is 31.5 Å². The van der Waals surface area contributed by atoms with Gasteiger partial charge in [-0.05, 0) is 79.9 Å². The highest BCUT2D eigenvalue weighted by molar-refractivity contribution is 7.97. The fourth-order valence-corrected chi connectivity index (χ4v) is 5.11. The number of piperidine rings is 1. The first-order chi connectivity index (χ1) is 17.4. The van der Waals surface area contributed by atoms with E-state index in [1.54, 1.807) is 6.07 Å². The van der Waals surface area contributed by atoms with Gasteiger partial charge in [0.05, 0.1) is 0 Å². The zero-order chi connectivity index (χ0) is 25.9. The summed E-state index contributed by atoms with van der Waals surface area (Å²) in [5, 5.41) is 10.6. The highest BCUT2D eigenvalue weighted by Gasteiger charge is 2.28. The maximum atomic E-state index is 13.6. The molecule has 194 valence electrons. The molecule has 0 aromatic heterocycles. The van der Waals surface area contributed by atoms with E-state index in [0.717, 1.165) is 42.8 Å². The Balaban J connectivity index is 1.72. The van der Waals surface area contributed by atoms with Crippen molar-refractivity contribution in [3.05, 3.63) is 59.7 Å². The van der Waals surface area contributed by atoms with Gasteiger partial charge in [0.15, 0.2) is 0 Å². The largest absolute Gasteiger partial charge is 0.384 e. The van der Waals surface area contributed by atoms with Crippen LogP contribution in [-0.4, -0.2) is 54.8 Å². The summed E-state index contributed by atoms with van der Waals surface area (Å²) in [6, 6.07) is 14.4. The number of amidine groups is 1. The lowest BCUT2D eigenvalue weighted by Crippen LogP contribution is -2.48. The molecule has 0 bridgehead atoms. The zero-order valence-corrected chi connectivity index (χ0v) is 21.4. The molecule has 0 spiro atoms. The molecule has 1 unspecified atom stereocenters. The molecule has 0 aliphatic carbocycles. The first-order valence-corrected chi connectivity index (χ1v) is 13.2. The molecular weight excluding hydrogens is 474 g/mol. The third-order valence-corrected chi connectivity index (χ3v) is 7.18. The number of benzene rings is 2. The summed E-state index contributed by atoms with van der Waals surface area (Å²) >= 11 is 1.36. The van der Waals surface area contributed by atoms with E-state index in [2.05, 4.69) is 10.0 Å². The number of hydrogen-bond donors (Lipinski definition) is 6. The van der Waals surface area contributed by atoms with Gasteiger partial charge < -0.3 is 27.4 Å². The number of carbonyl (C=O) groups excluding carboxylic acids is 2. The van der Waals surface area contributed by atoms with Crippen molar-refractivity contribution in [2.45, 2.75) is 43.0 Å². The van der Waals surface area contributed by atoms with E-state index in [4.69, 9.17) is 22.6 Å². The van der Waals surface area contributed by atoms with Crippen molar-refractivity contribution in [2.24, 2.45) is 23.1 Å². The Morgan fingerprint density at radius 2 is 1.83 bits per heavy atom. The number of nitrogens with one attached hydrogen (secondary N) is 3. The van der Waals surface area contributed by atoms with Crippen LogP contribution >= 0.6 is 11.9 Å². The Morgan fingerprint density at radius 1 is 1.08 bits per heavy atom. The number of rotatable bonds is 12. The van der Waals surface area contributed by atoms with Gasteiger partial charge in [0, 0.05) is 42.2 Å². The number of amides is 2. The first kappa shape index (κ1) is 27.7. The second-order valence-corrected chi connectivity index (χ2v) is 9.96. The van der Waals surface area contributed by atoms with Crippen LogP contribution in [-0.2, 0) is 16.0 Å². The minimum atomic E-state index is -0.473. The van der Waals surface area contributed by atoms with Crippen LogP contribution in [0.4, 0.5) is 5.69 Å². The molecule has 1 aliphatic rings. The number of hydrogen-bond acceptors (Lipinski definition) is 7. The van der Waals surface area contributed by atoms with E-state index in [-0.39, 0.29) is 24.1 Å². The van der Waals surface area contributed by atoms with Gasteiger partial charge in [-0.25, -0.2) is 4.72 Å². The number of nitrogens with two attached hydrogens (primary N) is 3. The van der Waals surface area contributed by atoms with E-state index in [0.29, 0.717) is 36.7 Å². The summed E-state index contributed by atoms with van der Waals surface area (Å²) in [6.45, 7) is 2.42. The summed E-state index contributed by atoms with van der Waals surface area (Å²) in [5.41, 5.74) is 19.1. The molecule has 10 heteroatoms. The molecule has 1 heterocycles. The van der Waals surface area contributed by atoms with Gasteiger partial charge in [-0.3, -0.25) is 15.0 Å². The van der Waals surface area contributed by atoms with E-state index < -0.39 is 6.04 Å². The number of nitrogen functional groups attached to an aromatic ring is 1. The molecule has 1 atom stereocenters. The van der Waals surface area contributed by atoms with E-state index in [9.17, 15) is 9.59 Å². The van der Waals surface area contributed by atoms with Gasteiger partial charge >= 0.3 is 0 Å². The lowest BCUT2D eigenvalue weighted by molar-refractivity contribution is -0.134. The van der Waals surface area contributed by atoms with Crippen molar-refractivity contribution in [1.29, 1.82) is 5.41 Å². The second kappa shape index (κ2) is 14.0. The van der Waals surface area contributed by atoms with Crippen LogP contribution < -0.4 is 27.2 Å². The van der Waals surface area contributed by atoms with Gasteiger partial charge in [0.1, 0.15) is 11.9 Å². The average molecular weight is 512 g/mol. The quantitative estimate of drug-likeness (QED) is 0.144. The molecule has 9 N–H and O–H groups in total. The predicted molar refractivity (Wildman–Crippen MR) is 146 cm³/mol. The summed E-state index contributed by atoms with van der Waals surface area (Å²) in [4.78, 5) is 28.3. The van der Waals surface area contributed by atoms with Gasteiger partial charge in [-0.1, -0.05) is 24.3 Å². The SMILES string of the molecule is N=C(N)c1cccc(CC(NSc2cccc(NC(=O)CCN)c2)C(=O)N2CCC(CCN)CC2)c1. The van der Waals surface area contributed by atoms with Crippen LogP contribution in [0.5, 0.6) is 0 Å². The van der Waals surface area contributed by atoms with E-state index in [1.165, 1.54) is 11.9 Å². The Morgan fingerprint density at radius 3 is 2.53 bits per heavy atom. The molecule has 2 aromatic rings. The number of likely N-dealkylation sites (tertiary alicyclic amines) is 1. The average Bonchev–Trinajstić information content (AvgIpc) is 2.87. The highest BCUT2D eigenvalue weighted by Crippen LogP contribution is 2.24. The maximum absolute atomic E-state index is 13.6. The third kappa shape index (κ3) is 8.34. The highest BCUT2D eigenvalue weighted by atomic mass is 32.2. The van der Waals surface area contributed by atoms with Crippen LogP contribution in [0.1, 0.15) is 36.8 Å². The minimum Gasteiger partial charge on any atom is -0.384 e. The summed E-state index contributed by atoms with van der Waals surface area (Å²) in [7, 11) is 0. The molecule has 2 amide bonds. The summed E-state index contributed by atoms with van der Waals surface area (Å²) in [6.07, 6.45) is 3.64. The molecule has 0 radical (unpaired) electrons. The Hall–Kier alpha value is -2.92. The van der Waals surface area contributed by atoms with Crippen LogP contribution in [0.3, 0.4) is 0 Å². The van der Waals surface area contributed by atoms with Gasteiger partial charge in [0.25, 0.3) is 0 Å². The summed E-state index contributed by atoms with van der Waals surface area (Å²) in [5.74, 6) is 0.486. The number of anilines is 1. The van der Waals surface area contributed by atoms with E-state index in [1.807, 2.05) is 47.4 Å². The van der Waals surface area contributed by atoms with Gasteiger partial charge in [-0.2, -0.15) is 0 Å². The lowest BCUT2D eigenvalue weighted by atomic mass is 9.93. The molecule has 2 aromatic carbocycles. The normalized spacial score (nSPS) is 14.9. The summed E-state index contributed by atoms with van der Waals surface area (Å²) < 4.78 is 3.36. The fraction of sp³-hybridized carbons (Fsp3) is 0.423. The molecular formula is C26H37N7O2S. The molecule has 36 heavy (non-hydrogen) atoms. The van der Waals surface area contributed by atoms with Crippen LogP contribution in [0, 0.1) is 11.3 Å². The zero-order valence-electron chi connectivity index (χ0n) is 20.5. The predicted octanol–water partition coefficient (Wildman–Crippen LogP) is 2.05. The van der Waals surface area contributed by atoms with Crippen molar-refractivity contribution in [1.82, 2.24) is 9.62 Å². The number of carbonyl (C=O) groups is 2. The maximum Gasteiger partial charge on any atom is 0.240 e. The Bertz CT molecular complexity index is 1040. The fourth-order valence-electron chi connectivity index (χ4n) is 4.31. The van der Waals surface area contributed by atoms with Crippen molar-refractivity contribution >= 4 is 35.3 Å². The smallest absolute Gasteiger partial charge is 0.240 e. The lowest BCUT2D eigenvalue weighted by Gasteiger charge is -2.34.